The molecule has 9 heteroatoms. The fraction of sp³-hybridized carbons (Fsp3) is 0.500. The van der Waals surface area contributed by atoms with E-state index in [1.807, 2.05) is 13.8 Å². The van der Waals surface area contributed by atoms with Crippen molar-refractivity contribution in [1.29, 1.82) is 0 Å². The molecule has 1 radical (unpaired) electrons. The topological polar surface area (TPSA) is 108 Å². The van der Waals surface area contributed by atoms with Crippen molar-refractivity contribution in [2.75, 3.05) is 13.2 Å². The maximum atomic E-state index is 11.1. The molecule has 0 aromatic carbocycles. The number of rotatable bonds is 5. The Balaban J connectivity index is 0. The minimum Gasteiger partial charge on any atom is -0.508 e. The molecule has 0 aliphatic heterocycles. The third-order valence-electron chi connectivity index (χ3n) is 1.73. The van der Waals surface area contributed by atoms with Gasteiger partial charge in [0.05, 0.1) is 6.54 Å². The van der Waals surface area contributed by atoms with Gasteiger partial charge in [-0.05, 0) is 6.61 Å². The first kappa shape index (κ1) is 21.5. The summed E-state index contributed by atoms with van der Waals surface area (Å²) in [4.78, 5) is 32.2. The van der Waals surface area contributed by atoms with Gasteiger partial charge in [-0.3, -0.25) is 4.79 Å². The summed E-state index contributed by atoms with van der Waals surface area (Å²) < 4.78 is 18.3. The molecule has 1 amide bonds. The van der Waals surface area contributed by atoms with Crippen molar-refractivity contribution in [1.82, 2.24) is 5.32 Å². The Hall–Kier alpha value is -1.76. The van der Waals surface area contributed by atoms with E-state index in [0.717, 1.165) is 6.61 Å². The largest absolute Gasteiger partial charge is 1.00 e. The predicted molar refractivity (Wildman–Crippen MR) is 67.8 cm³/mol. The third-order valence-corrected chi connectivity index (χ3v) is 1.73. The molecule has 1 aromatic rings. The van der Waals surface area contributed by atoms with Gasteiger partial charge in [0.2, 0.25) is 0 Å². The molecule has 0 bridgehead atoms. The first-order valence-corrected chi connectivity index (χ1v) is 6.00. The van der Waals surface area contributed by atoms with Crippen LogP contribution in [0.5, 0.6) is 0 Å². The summed E-state index contributed by atoms with van der Waals surface area (Å²) in [6, 6.07) is 0. The van der Waals surface area contributed by atoms with Crippen LogP contribution >= 0.6 is 0 Å². The van der Waals surface area contributed by atoms with Crippen LogP contribution in [0.4, 0.5) is 4.79 Å². The molecule has 0 atom stereocenters. The minimum atomic E-state index is -0.877. The SMILES string of the molecule is CC.CC(=O)OCCNC(=O)O[CH-]c1oc(=O)oc1C.[Ru+]. The van der Waals surface area contributed by atoms with Crippen molar-refractivity contribution >= 4 is 12.1 Å². The number of carbonyl (C=O) groups excluding carboxylic acids is 2. The second kappa shape index (κ2) is 12.0. The number of aryl methyl sites for hydroxylation is 1. The molecule has 0 fully saturated rings. The van der Waals surface area contributed by atoms with Gasteiger partial charge >= 0.3 is 37.4 Å². The summed E-state index contributed by atoms with van der Waals surface area (Å²) in [5.41, 5.74) is 0. The molecule has 0 spiro atoms. The average molecular weight is 389 g/mol. The molecule has 0 saturated carbocycles. The zero-order valence-corrected chi connectivity index (χ0v) is 13.9. The van der Waals surface area contributed by atoms with Gasteiger partial charge in [-0.2, -0.15) is 0 Å². The van der Waals surface area contributed by atoms with Crippen LogP contribution in [0.3, 0.4) is 0 Å². The van der Waals surface area contributed by atoms with E-state index in [9.17, 15) is 14.4 Å². The van der Waals surface area contributed by atoms with Crippen molar-refractivity contribution in [2.45, 2.75) is 27.7 Å². The van der Waals surface area contributed by atoms with Crippen LogP contribution in [-0.4, -0.2) is 25.2 Å². The summed E-state index contributed by atoms with van der Waals surface area (Å²) >= 11 is 0. The van der Waals surface area contributed by atoms with E-state index in [1.54, 1.807) is 0 Å². The molecular formula is C12H18NO7Ru. The van der Waals surface area contributed by atoms with E-state index in [1.165, 1.54) is 13.8 Å². The summed E-state index contributed by atoms with van der Waals surface area (Å²) in [6.45, 7) is 7.85. The second-order valence-electron chi connectivity index (χ2n) is 3.16. The maximum absolute atomic E-state index is 11.1. The summed E-state index contributed by atoms with van der Waals surface area (Å²) in [5, 5.41) is 2.31. The zero-order valence-electron chi connectivity index (χ0n) is 12.2. The van der Waals surface area contributed by atoms with Crippen molar-refractivity contribution in [3.05, 3.63) is 28.7 Å². The smallest absolute Gasteiger partial charge is 0.508 e. The standard InChI is InChI=1S/C10H12NO7.C2H6.Ru/c1-6-8(18-10(14)17-6)5-16-9(13)11-3-4-15-7(2)12;1-2;/h5H,3-4H2,1-2H3,(H,11,13);1-2H3;/q-1;;+1. The van der Waals surface area contributed by atoms with E-state index in [2.05, 4.69) is 23.6 Å². The molecule has 1 heterocycles. The summed E-state index contributed by atoms with van der Waals surface area (Å²) in [5.74, 6) is -1.09. The van der Waals surface area contributed by atoms with Crippen LogP contribution in [-0.2, 0) is 33.7 Å². The van der Waals surface area contributed by atoms with Crippen LogP contribution in [0, 0.1) is 13.5 Å². The monoisotopic (exact) mass is 390 g/mol. The van der Waals surface area contributed by atoms with Gasteiger partial charge in [0.15, 0.2) is 0 Å². The van der Waals surface area contributed by atoms with Crippen molar-refractivity contribution in [3.8, 4) is 0 Å². The molecule has 0 unspecified atom stereocenters. The molecule has 21 heavy (non-hydrogen) atoms. The molecule has 1 aromatic heterocycles. The first-order chi connectivity index (χ1) is 9.49. The van der Waals surface area contributed by atoms with Gasteiger partial charge in [0.25, 0.3) is 0 Å². The van der Waals surface area contributed by atoms with Gasteiger partial charge in [-0.15, -0.1) is 0 Å². The maximum Gasteiger partial charge on any atom is 1.00 e. The number of nitrogens with one attached hydrogen (secondary N) is 1. The van der Waals surface area contributed by atoms with E-state index in [-0.39, 0.29) is 44.2 Å². The Morgan fingerprint density at radius 1 is 1.29 bits per heavy atom. The fourth-order valence-electron chi connectivity index (χ4n) is 0.961. The Morgan fingerprint density at radius 2 is 1.90 bits per heavy atom. The van der Waals surface area contributed by atoms with Crippen LogP contribution in [0.15, 0.2) is 13.6 Å². The van der Waals surface area contributed by atoms with E-state index in [4.69, 9.17) is 0 Å². The van der Waals surface area contributed by atoms with Gasteiger partial charge in [0, 0.05) is 18.4 Å². The molecule has 0 saturated heterocycles. The van der Waals surface area contributed by atoms with Crippen LogP contribution in [0.25, 0.3) is 0 Å². The number of carbonyl (C=O) groups is 2. The van der Waals surface area contributed by atoms with Crippen molar-refractivity contribution in [2.24, 2.45) is 0 Å². The number of amides is 1. The predicted octanol–water partition coefficient (Wildman–Crippen LogP) is 1.36. The molecular weight excluding hydrogens is 371 g/mol. The van der Waals surface area contributed by atoms with Crippen LogP contribution in [0.2, 0.25) is 0 Å². The third kappa shape index (κ3) is 9.73. The van der Waals surface area contributed by atoms with E-state index < -0.39 is 17.9 Å². The normalized spacial score (nSPS) is 8.57. The van der Waals surface area contributed by atoms with Gasteiger partial charge in [0.1, 0.15) is 6.61 Å². The number of ether oxygens (including phenoxy) is 2. The number of esters is 1. The Kier molecular flexibility index (Phi) is 12.3. The Morgan fingerprint density at radius 3 is 2.38 bits per heavy atom. The number of hydrogen-bond acceptors (Lipinski definition) is 7. The molecule has 121 valence electrons. The summed E-state index contributed by atoms with van der Waals surface area (Å²) in [6.07, 6.45) is -0.773. The van der Waals surface area contributed by atoms with Crippen molar-refractivity contribution < 1.29 is 47.4 Å². The first-order valence-electron chi connectivity index (χ1n) is 6.00. The van der Waals surface area contributed by atoms with Crippen LogP contribution in [0.1, 0.15) is 32.3 Å². The molecule has 1 rings (SSSR count). The van der Waals surface area contributed by atoms with Gasteiger partial charge in [-0.25, -0.2) is 9.59 Å². The number of hydrogen-bond donors (Lipinski definition) is 1. The summed E-state index contributed by atoms with van der Waals surface area (Å²) in [7, 11) is 0. The Labute approximate surface area is 134 Å². The van der Waals surface area contributed by atoms with Gasteiger partial charge in [-0.1, -0.05) is 20.8 Å². The van der Waals surface area contributed by atoms with Crippen molar-refractivity contribution in [3.63, 3.8) is 0 Å². The Bertz CT molecular complexity index is 480. The molecule has 0 aliphatic carbocycles. The molecule has 8 nitrogen and oxygen atoms in total. The molecule has 1 N–H and O–H groups in total. The van der Waals surface area contributed by atoms with Crippen LogP contribution < -0.4 is 11.1 Å². The van der Waals surface area contributed by atoms with E-state index in [0.29, 0.717) is 0 Å². The second-order valence-corrected chi connectivity index (χ2v) is 3.16. The minimum absolute atomic E-state index is 0. The average Bonchev–Trinajstić information content (AvgIpc) is 2.73. The fourth-order valence-corrected chi connectivity index (χ4v) is 0.961. The number of alkyl carbamates (subject to hydrolysis) is 1. The van der Waals surface area contributed by atoms with E-state index >= 15 is 0 Å². The van der Waals surface area contributed by atoms with Gasteiger partial charge < -0.3 is 23.6 Å². The molecule has 0 aliphatic rings. The zero-order chi connectivity index (χ0) is 15.5. The quantitative estimate of drug-likeness (QED) is 0.351.